The van der Waals surface area contributed by atoms with Crippen LogP contribution in [-0.4, -0.2) is 35.7 Å². The van der Waals surface area contributed by atoms with Crippen LogP contribution in [0.2, 0.25) is 0 Å². The van der Waals surface area contributed by atoms with Gasteiger partial charge in [-0.15, -0.1) is 0 Å². The quantitative estimate of drug-likeness (QED) is 0.728. The summed E-state index contributed by atoms with van der Waals surface area (Å²) in [5.74, 6) is 1.54. The van der Waals surface area contributed by atoms with E-state index in [1.54, 1.807) is 0 Å². The van der Waals surface area contributed by atoms with Gasteiger partial charge in [0.25, 0.3) is 0 Å². The molecule has 1 atom stereocenters. The van der Waals surface area contributed by atoms with Crippen molar-refractivity contribution in [2.75, 3.05) is 19.6 Å². The molecule has 2 fully saturated rings. The average Bonchev–Trinajstić information content (AvgIpc) is 2.88. The first-order valence-electron chi connectivity index (χ1n) is 6.70. The number of hydrogen-bond acceptors (Lipinski definition) is 2. The lowest BCUT2D eigenvalue weighted by Gasteiger charge is -2.26. The molecular formula is C13H25NO. The largest absolute Gasteiger partial charge is 0.392 e. The van der Waals surface area contributed by atoms with Crippen LogP contribution in [0.15, 0.2) is 0 Å². The van der Waals surface area contributed by atoms with Gasteiger partial charge in [0.1, 0.15) is 0 Å². The molecule has 1 N–H and O–H groups in total. The van der Waals surface area contributed by atoms with E-state index in [-0.39, 0.29) is 6.10 Å². The summed E-state index contributed by atoms with van der Waals surface area (Å²) in [7, 11) is 0. The van der Waals surface area contributed by atoms with Crippen molar-refractivity contribution in [3.63, 3.8) is 0 Å². The van der Waals surface area contributed by atoms with Crippen LogP contribution in [0.5, 0.6) is 0 Å². The molecule has 2 nitrogen and oxygen atoms in total. The lowest BCUT2D eigenvalue weighted by Crippen LogP contribution is -2.37. The third-order valence-electron chi connectivity index (χ3n) is 4.05. The monoisotopic (exact) mass is 211 g/mol. The summed E-state index contributed by atoms with van der Waals surface area (Å²) in [4.78, 5) is 2.45. The second-order valence-corrected chi connectivity index (χ2v) is 5.41. The second kappa shape index (κ2) is 5.31. The highest BCUT2D eigenvalue weighted by atomic mass is 16.3. The average molecular weight is 211 g/mol. The number of aliphatic hydroxyl groups excluding tert-OH is 1. The summed E-state index contributed by atoms with van der Waals surface area (Å²) in [5, 5.41) is 10.1. The summed E-state index contributed by atoms with van der Waals surface area (Å²) in [6, 6.07) is 0. The van der Waals surface area contributed by atoms with E-state index in [9.17, 15) is 5.11 Å². The first kappa shape index (κ1) is 11.4. The Morgan fingerprint density at radius 3 is 2.40 bits per heavy atom. The highest BCUT2D eigenvalue weighted by Gasteiger charge is 2.28. The minimum Gasteiger partial charge on any atom is -0.392 e. The Morgan fingerprint density at radius 1 is 1.20 bits per heavy atom. The zero-order valence-corrected chi connectivity index (χ0v) is 9.99. The van der Waals surface area contributed by atoms with Gasteiger partial charge in [-0.3, -0.25) is 0 Å². The molecule has 0 aromatic rings. The molecule has 0 amide bonds. The van der Waals surface area contributed by atoms with Gasteiger partial charge in [-0.25, -0.2) is 0 Å². The van der Waals surface area contributed by atoms with Crippen molar-refractivity contribution >= 4 is 0 Å². The fourth-order valence-electron chi connectivity index (χ4n) is 2.75. The fourth-order valence-corrected chi connectivity index (χ4v) is 2.75. The van der Waals surface area contributed by atoms with Crippen LogP contribution in [0.4, 0.5) is 0 Å². The minimum atomic E-state index is -0.0637. The SMILES string of the molecule is CCN(CC1CC1)CC(O)C1CCCC1. The highest BCUT2D eigenvalue weighted by Crippen LogP contribution is 2.31. The van der Waals surface area contributed by atoms with Crippen LogP contribution in [0.25, 0.3) is 0 Å². The normalized spacial score (nSPS) is 25.0. The van der Waals surface area contributed by atoms with Gasteiger partial charge in [0, 0.05) is 13.1 Å². The standard InChI is InChI=1S/C13H25NO/c1-2-14(9-11-7-8-11)10-13(15)12-5-3-4-6-12/h11-13,15H,2-10H2,1H3. The zero-order valence-electron chi connectivity index (χ0n) is 9.99. The van der Waals surface area contributed by atoms with E-state index in [2.05, 4.69) is 11.8 Å². The second-order valence-electron chi connectivity index (χ2n) is 5.41. The maximum Gasteiger partial charge on any atom is 0.0695 e. The van der Waals surface area contributed by atoms with Gasteiger partial charge in [0.05, 0.1) is 6.10 Å². The van der Waals surface area contributed by atoms with Crippen molar-refractivity contribution in [3.8, 4) is 0 Å². The van der Waals surface area contributed by atoms with Crippen LogP contribution in [0.1, 0.15) is 45.4 Å². The summed E-state index contributed by atoms with van der Waals surface area (Å²) < 4.78 is 0. The number of aliphatic hydroxyl groups is 1. The molecule has 0 radical (unpaired) electrons. The third-order valence-corrected chi connectivity index (χ3v) is 4.05. The van der Waals surface area contributed by atoms with Crippen molar-refractivity contribution in [3.05, 3.63) is 0 Å². The van der Waals surface area contributed by atoms with Crippen molar-refractivity contribution in [2.24, 2.45) is 11.8 Å². The van der Waals surface area contributed by atoms with Crippen LogP contribution >= 0.6 is 0 Å². The molecule has 0 heterocycles. The fraction of sp³-hybridized carbons (Fsp3) is 1.00. The predicted octanol–water partition coefficient (Wildman–Crippen LogP) is 2.27. The lowest BCUT2D eigenvalue weighted by molar-refractivity contribution is 0.0658. The molecule has 0 aromatic carbocycles. The van der Waals surface area contributed by atoms with Crippen LogP contribution in [0, 0.1) is 11.8 Å². The number of hydrogen-bond donors (Lipinski definition) is 1. The van der Waals surface area contributed by atoms with E-state index in [4.69, 9.17) is 0 Å². The summed E-state index contributed by atoms with van der Waals surface area (Å²) in [6.07, 6.45) is 7.93. The van der Waals surface area contributed by atoms with Gasteiger partial charge < -0.3 is 10.0 Å². The lowest BCUT2D eigenvalue weighted by atomic mass is 10.0. The Kier molecular flexibility index (Phi) is 4.04. The van der Waals surface area contributed by atoms with Crippen molar-refractivity contribution < 1.29 is 5.11 Å². The number of rotatable bonds is 6. The molecule has 2 saturated carbocycles. The van der Waals surface area contributed by atoms with Gasteiger partial charge in [0.2, 0.25) is 0 Å². The topological polar surface area (TPSA) is 23.5 Å². The molecule has 15 heavy (non-hydrogen) atoms. The first-order valence-corrected chi connectivity index (χ1v) is 6.70. The van der Waals surface area contributed by atoms with Crippen LogP contribution in [0.3, 0.4) is 0 Å². The molecule has 88 valence electrons. The first-order chi connectivity index (χ1) is 7.29. The van der Waals surface area contributed by atoms with Gasteiger partial charge >= 0.3 is 0 Å². The molecule has 0 aliphatic heterocycles. The molecule has 1 unspecified atom stereocenters. The minimum absolute atomic E-state index is 0.0637. The van der Waals surface area contributed by atoms with Gasteiger partial charge in [0.15, 0.2) is 0 Å². The van der Waals surface area contributed by atoms with Gasteiger partial charge in [-0.05, 0) is 44.1 Å². The summed E-state index contributed by atoms with van der Waals surface area (Å²) in [5.41, 5.74) is 0. The third kappa shape index (κ3) is 3.46. The predicted molar refractivity (Wildman–Crippen MR) is 62.8 cm³/mol. The Labute approximate surface area is 93.7 Å². The molecule has 0 aromatic heterocycles. The highest BCUT2D eigenvalue weighted by molar-refractivity contribution is 4.81. The van der Waals surface area contributed by atoms with Crippen molar-refractivity contribution in [2.45, 2.75) is 51.6 Å². The van der Waals surface area contributed by atoms with Crippen LogP contribution in [-0.2, 0) is 0 Å². The molecule has 2 heteroatoms. The van der Waals surface area contributed by atoms with E-state index in [1.807, 2.05) is 0 Å². The maximum atomic E-state index is 10.1. The molecule has 2 rings (SSSR count). The molecule has 0 spiro atoms. The Morgan fingerprint density at radius 2 is 1.87 bits per heavy atom. The van der Waals surface area contributed by atoms with E-state index in [0.29, 0.717) is 5.92 Å². The Hall–Kier alpha value is -0.0800. The number of likely N-dealkylation sites (N-methyl/N-ethyl adjacent to an activating group) is 1. The van der Waals surface area contributed by atoms with Crippen LogP contribution < -0.4 is 0 Å². The van der Waals surface area contributed by atoms with Crippen molar-refractivity contribution in [1.29, 1.82) is 0 Å². The zero-order chi connectivity index (χ0) is 10.7. The summed E-state index contributed by atoms with van der Waals surface area (Å²) >= 11 is 0. The molecule has 2 aliphatic carbocycles. The number of nitrogens with zero attached hydrogens (tertiary/aromatic N) is 1. The molecule has 0 bridgehead atoms. The Balaban J connectivity index is 1.71. The van der Waals surface area contributed by atoms with E-state index >= 15 is 0 Å². The van der Waals surface area contributed by atoms with E-state index < -0.39 is 0 Å². The van der Waals surface area contributed by atoms with Gasteiger partial charge in [-0.2, -0.15) is 0 Å². The smallest absolute Gasteiger partial charge is 0.0695 e. The maximum absolute atomic E-state index is 10.1. The molecular weight excluding hydrogens is 186 g/mol. The van der Waals surface area contributed by atoms with Gasteiger partial charge in [-0.1, -0.05) is 19.8 Å². The van der Waals surface area contributed by atoms with E-state index in [0.717, 1.165) is 19.0 Å². The molecule has 2 aliphatic rings. The van der Waals surface area contributed by atoms with Crippen molar-refractivity contribution in [1.82, 2.24) is 4.90 Å². The Bertz CT molecular complexity index is 185. The molecule has 0 saturated heterocycles. The van der Waals surface area contributed by atoms with E-state index in [1.165, 1.54) is 45.1 Å². The summed E-state index contributed by atoms with van der Waals surface area (Å²) in [6.45, 7) is 5.45.